The Labute approximate surface area is 185 Å². The van der Waals surface area contributed by atoms with Crippen molar-refractivity contribution in [3.8, 4) is 0 Å². The molecule has 2 aliphatic heterocycles. The van der Waals surface area contributed by atoms with Gasteiger partial charge in [-0.2, -0.15) is 4.98 Å². The lowest BCUT2D eigenvalue weighted by atomic mass is 9.93. The molecule has 32 heavy (non-hydrogen) atoms. The molecule has 0 radical (unpaired) electrons. The highest BCUT2D eigenvalue weighted by Crippen LogP contribution is 2.35. The zero-order valence-corrected chi connectivity index (χ0v) is 18.0. The van der Waals surface area contributed by atoms with Gasteiger partial charge in [-0.3, -0.25) is 0 Å². The Morgan fingerprint density at radius 2 is 1.91 bits per heavy atom. The molecule has 2 N–H and O–H groups in total. The minimum absolute atomic E-state index is 0.000788. The largest absolute Gasteiger partial charge is 0.393 e. The van der Waals surface area contributed by atoms with Crippen molar-refractivity contribution in [1.29, 1.82) is 0 Å². The number of aryl methyl sites for hydroxylation is 1. The third-order valence-corrected chi connectivity index (χ3v) is 6.40. The predicted octanol–water partition coefficient (Wildman–Crippen LogP) is 3.66. The number of aliphatic imine (C=N–C) groups is 1. The lowest BCUT2D eigenvalue weighted by Gasteiger charge is -2.27. The maximum atomic E-state index is 14.5. The zero-order chi connectivity index (χ0) is 22.2. The number of hydrogen-bond donors (Lipinski definition) is 2. The van der Waals surface area contributed by atoms with E-state index in [2.05, 4.69) is 15.3 Å². The number of halogens is 2. The molecule has 0 bridgehead atoms. The maximum absolute atomic E-state index is 14.5. The Hall–Kier alpha value is -2.65. The standard InChI is InChI=1S/C23H27F2N5O2/c1-13-8-18(24)21(19(25)9-13)28-20-10-14-11-26-23(27-15-2-4-17(31)5-3-15)29-22(14)30(20)16-6-7-32-12-16/h8-9,11,15-17,31H,2-7,10,12H2,1H3,(H,26,27,29)/t15?,16-,17?/m0/s1. The summed E-state index contributed by atoms with van der Waals surface area (Å²) < 4.78 is 34.6. The fraction of sp³-hybridized carbons (Fsp3) is 0.522. The number of nitrogens with one attached hydrogen (secondary N) is 1. The number of anilines is 2. The van der Waals surface area contributed by atoms with E-state index in [1.54, 1.807) is 13.1 Å². The Morgan fingerprint density at radius 3 is 2.59 bits per heavy atom. The van der Waals surface area contributed by atoms with Crippen LogP contribution in [0, 0.1) is 18.6 Å². The summed E-state index contributed by atoms with van der Waals surface area (Å²) in [6.07, 6.45) is 5.96. The average Bonchev–Trinajstić information content (AvgIpc) is 3.39. The van der Waals surface area contributed by atoms with Crippen molar-refractivity contribution in [2.24, 2.45) is 4.99 Å². The molecule has 1 aromatic heterocycles. The van der Waals surface area contributed by atoms with Crippen molar-refractivity contribution in [1.82, 2.24) is 9.97 Å². The predicted molar refractivity (Wildman–Crippen MR) is 118 cm³/mol. The van der Waals surface area contributed by atoms with E-state index in [0.29, 0.717) is 42.8 Å². The number of aliphatic hydroxyl groups excluding tert-OH is 1. The second kappa shape index (κ2) is 8.71. The summed E-state index contributed by atoms with van der Waals surface area (Å²) in [6, 6.07) is 2.79. The number of nitrogens with zero attached hydrogens (tertiary/aromatic N) is 4. The summed E-state index contributed by atoms with van der Waals surface area (Å²) in [6.45, 7) is 2.77. The highest BCUT2D eigenvalue weighted by Gasteiger charge is 2.36. The average molecular weight is 443 g/mol. The smallest absolute Gasteiger partial charge is 0.224 e. The quantitative estimate of drug-likeness (QED) is 0.751. The van der Waals surface area contributed by atoms with E-state index in [0.717, 1.165) is 37.7 Å². The van der Waals surface area contributed by atoms with Crippen LogP contribution in [-0.4, -0.2) is 52.3 Å². The Bertz CT molecular complexity index is 1010. The molecule has 0 amide bonds. The molecule has 9 heteroatoms. The topological polar surface area (TPSA) is 82.9 Å². The molecule has 7 nitrogen and oxygen atoms in total. The van der Waals surface area contributed by atoms with E-state index in [-0.39, 0.29) is 23.9 Å². The summed E-state index contributed by atoms with van der Waals surface area (Å²) in [4.78, 5) is 15.6. The maximum Gasteiger partial charge on any atom is 0.224 e. The van der Waals surface area contributed by atoms with Crippen LogP contribution in [0.2, 0.25) is 0 Å². The summed E-state index contributed by atoms with van der Waals surface area (Å²) >= 11 is 0. The summed E-state index contributed by atoms with van der Waals surface area (Å²) in [5.41, 5.74) is 1.10. The number of benzene rings is 1. The first-order chi connectivity index (χ1) is 15.5. The molecule has 1 saturated carbocycles. The Morgan fingerprint density at radius 1 is 1.16 bits per heavy atom. The second-order valence-corrected chi connectivity index (χ2v) is 8.86. The van der Waals surface area contributed by atoms with Gasteiger partial charge >= 0.3 is 0 Å². The van der Waals surface area contributed by atoms with Crippen LogP contribution in [0.4, 0.5) is 26.2 Å². The lowest BCUT2D eigenvalue weighted by molar-refractivity contribution is 0.126. The van der Waals surface area contributed by atoms with Gasteiger partial charge in [0.2, 0.25) is 5.95 Å². The van der Waals surface area contributed by atoms with Gasteiger partial charge in [0.25, 0.3) is 0 Å². The Kier molecular flexibility index (Phi) is 5.77. The SMILES string of the molecule is Cc1cc(F)c(N=C2Cc3cnc(NC4CCC(O)CC4)nc3N2[C@H]2CCOC2)c(F)c1. The molecule has 1 atom stereocenters. The normalized spacial score (nSPS) is 26.6. The molecule has 1 saturated heterocycles. The molecule has 0 spiro atoms. The van der Waals surface area contributed by atoms with Gasteiger partial charge in [-0.05, 0) is 56.7 Å². The summed E-state index contributed by atoms with van der Waals surface area (Å²) in [5, 5.41) is 13.1. The molecule has 2 aromatic rings. The highest BCUT2D eigenvalue weighted by molar-refractivity contribution is 6.05. The van der Waals surface area contributed by atoms with Gasteiger partial charge in [0.15, 0.2) is 11.6 Å². The summed E-state index contributed by atoms with van der Waals surface area (Å²) in [5.74, 6) is 0.413. The second-order valence-electron chi connectivity index (χ2n) is 8.86. The van der Waals surface area contributed by atoms with E-state index in [4.69, 9.17) is 9.72 Å². The fourth-order valence-corrected chi connectivity index (χ4v) is 4.71. The Balaban J connectivity index is 1.47. The third kappa shape index (κ3) is 4.19. The zero-order valence-electron chi connectivity index (χ0n) is 18.0. The van der Waals surface area contributed by atoms with E-state index < -0.39 is 11.6 Å². The fourth-order valence-electron chi connectivity index (χ4n) is 4.71. The van der Waals surface area contributed by atoms with Gasteiger partial charge in [-0.1, -0.05) is 0 Å². The summed E-state index contributed by atoms with van der Waals surface area (Å²) in [7, 11) is 0. The van der Waals surface area contributed by atoms with E-state index in [9.17, 15) is 13.9 Å². The van der Waals surface area contributed by atoms with Gasteiger partial charge in [0.05, 0.1) is 18.8 Å². The molecular formula is C23H27F2N5O2. The van der Waals surface area contributed by atoms with Crippen LogP contribution in [0.5, 0.6) is 0 Å². The molecule has 5 rings (SSSR count). The van der Waals surface area contributed by atoms with E-state index in [1.807, 2.05) is 4.90 Å². The van der Waals surface area contributed by atoms with Gasteiger partial charge in [0.1, 0.15) is 17.3 Å². The van der Waals surface area contributed by atoms with Gasteiger partial charge < -0.3 is 20.1 Å². The number of hydrogen-bond acceptors (Lipinski definition) is 6. The molecule has 0 unspecified atom stereocenters. The molecule has 3 aliphatic rings. The molecule has 3 heterocycles. The highest BCUT2D eigenvalue weighted by atomic mass is 19.1. The molecule has 1 aliphatic carbocycles. The van der Waals surface area contributed by atoms with Crippen molar-refractivity contribution < 1.29 is 18.6 Å². The minimum Gasteiger partial charge on any atom is -0.393 e. The van der Waals surface area contributed by atoms with Gasteiger partial charge in [-0.25, -0.2) is 18.8 Å². The van der Waals surface area contributed by atoms with Crippen LogP contribution in [-0.2, 0) is 11.2 Å². The molecular weight excluding hydrogens is 416 g/mol. The molecule has 170 valence electrons. The van der Waals surface area contributed by atoms with Crippen LogP contribution in [0.25, 0.3) is 0 Å². The molecule has 2 fully saturated rings. The molecule has 1 aromatic carbocycles. The first kappa shape index (κ1) is 21.2. The minimum atomic E-state index is -0.679. The number of rotatable bonds is 4. The monoisotopic (exact) mass is 443 g/mol. The van der Waals surface area contributed by atoms with Crippen LogP contribution >= 0.6 is 0 Å². The van der Waals surface area contributed by atoms with Crippen LogP contribution in [0.3, 0.4) is 0 Å². The van der Waals surface area contributed by atoms with Crippen LogP contribution < -0.4 is 10.2 Å². The number of ether oxygens (including phenoxy) is 1. The lowest BCUT2D eigenvalue weighted by Crippen LogP contribution is -2.39. The first-order valence-electron chi connectivity index (χ1n) is 11.2. The van der Waals surface area contributed by atoms with Crippen molar-refractivity contribution >= 4 is 23.3 Å². The number of fused-ring (bicyclic) bond motifs is 1. The van der Waals surface area contributed by atoms with Crippen molar-refractivity contribution in [2.45, 2.75) is 63.6 Å². The van der Waals surface area contributed by atoms with Crippen molar-refractivity contribution in [3.05, 3.63) is 41.1 Å². The van der Waals surface area contributed by atoms with E-state index >= 15 is 0 Å². The van der Waals surface area contributed by atoms with Crippen molar-refractivity contribution in [3.63, 3.8) is 0 Å². The van der Waals surface area contributed by atoms with Gasteiger partial charge in [-0.15, -0.1) is 0 Å². The number of aromatic nitrogens is 2. The van der Waals surface area contributed by atoms with Crippen LogP contribution in [0.15, 0.2) is 23.3 Å². The number of aliphatic hydroxyl groups is 1. The van der Waals surface area contributed by atoms with Crippen molar-refractivity contribution in [2.75, 3.05) is 23.4 Å². The first-order valence-corrected chi connectivity index (χ1v) is 11.2. The number of amidine groups is 1. The van der Waals surface area contributed by atoms with Gasteiger partial charge in [0, 0.05) is 30.8 Å². The van der Waals surface area contributed by atoms with E-state index in [1.165, 1.54) is 12.1 Å². The van der Waals surface area contributed by atoms with Crippen LogP contribution in [0.1, 0.15) is 43.2 Å². The third-order valence-electron chi connectivity index (χ3n) is 6.40.